The Kier molecular flexibility index (Phi) is 6.74. The predicted octanol–water partition coefficient (Wildman–Crippen LogP) is 1.00. The number of nitro benzene ring substituents is 1. The Labute approximate surface area is 171 Å². The molecule has 0 unspecified atom stereocenters. The minimum atomic E-state index is -2.98. The SMILES string of the molecule is CS(=O)(=O)CCN1CCN(C(=O)C2CCN(c3ccccc3[N+](=O)[O-])CC2)CC1. The quantitative estimate of drug-likeness (QED) is 0.496. The Bertz CT molecular complexity index is 844. The fourth-order valence-corrected chi connectivity index (χ4v) is 4.59. The third kappa shape index (κ3) is 5.66. The van der Waals surface area contributed by atoms with Gasteiger partial charge in [-0.25, -0.2) is 8.42 Å². The Hall–Kier alpha value is -2.20. The van der Waals surface area contributed by atoms with Gasteiger partial charge in [-0.1, -0.05) is 12.1 Å². The molecule has 1 aromatic rings. The first-order chi connectivity index (χ1) is 13.7. The number of hydrogen-bond donors (Lipinski definition) is 0. The van der Waals surface area contributed by atoms with E-state index >= 15 is 0 Å². The molecular formula is C19H28N4O5S. The average molecular weight is 425 g/mol. The minimum absolute atomic E-state index is 0.0587. The zero-order valence-electron chi connectivity index (χ0n) is 16.7. The van der Waals surface area contributed by atoms with Gasteiger partial charge in [-0.2, -0.15) is 0 Å². The van der Waals surface area contributed by atoms with Crippen LogP contribution in [0.1, 0.15) is 12.8 Å². The van der Waals surface area contributed by atoms with Gasteiger partial charge in [-0.3, -0.25) is 19.8 Å². The molecular weight excluding hydrogens is 396 g/mol. The van der Waals surface area contributed by atoms with Crippen molar-refractivity contribution in [3.05, 3.63) is 34.4 Å². The number of nitro groups is 1. The Morgan fingerprint density at radius 2 is 1.72 bits per heavy atom. The molecule has 0 aliphatic carbocycles. The fourth-order valence-electron chi connectivity index (χ4n) is 4.00. The van der Waals surface area contributed by atoms with Crippen molar-refractivity contribution in [1.82, 2.24) is 9.80 Å². The monoisotopic (exact) mass is 424 g/mol. The van der Waals surface area contributed by atoms with E-state index in [1.165, 1.54) is 12.3 Å². The lowest BCUT2D eigenvalue weighted by atomic mass is 9.94. The van der Waals surface area contributed by atoms with Crippen LogP contribution in [0, 0.1) is 16.0 Å². The van der Waals surface area contributed by atoms with Crippen molar-refractivity contribution in [2.45, 2.75) is 12.8 Å². The number of piperazine rings is 1. The molecule has 0 radical (unpaired) electrons. The first kappa shape index (κ1) is 21.5. The smallest absolute Gasteiger partial charge is 0.292 e. The summed E-state index contributed by atoms with van der Waals surface area (Å²) in [7, 11) is -2.98. The summed E-state index contributed by atoms with van der Waals surface area (Å²) < 4.78 is 22.6. The third-order valence-electron chi connectivity index (χ3n) is 5.73. The largest absolute Gasteiger partial charge is 0.366 e. The number of amides is 1. The van der Waals surface area contributed by atoms with E-state index in [2.05, 4.69) is 4.90 Å². The highest BCUT2D eigenvalue weighted by atomic mass is 32.2. The molecule has 2 heterocycles. The fraction of sp³-hybridized carbons (Fsp3) is 0.632. The molecule has 0 spiro atoms. The molecule has 2 aliphatic heterocycles. The Morgan fingerprint density at radius 3 is 2.31 bits per heavy atom. The molecule has 0 bridgehead atoms. The van der Waals surface area contributed by atoms with Crippen LogP contribution in [0.4, 0.5) is 11.4 Å². The van der Waals surface area contributed by atoms with E-state index in [0.717, 1.165) is 0 Å². The molecule has 0 saturated carbocycles. The average Bonchev–Trinajstić information content (AvgIpc) is 2.72. The van der Waals surface area contributed by atoms with Gasteiger partial charge in [0.2, 0.25) is 5.91 Å². The molecule has 9 nitrogen and oxygen atoms in total. The number of sulfone groups is 1. The highest BCUT2D eigenvalue weighted by Crippen LogP contribution is 2.31. The first-order valence-electron chi connectivity index (χ1n) is 9.92. The molecule has 3 rings (SSSR count). The summed E-state index contributed by atoms with van der Waals surface area (Å²) in [5, 5.41) is 11.3. The van der Waals surface area contributed by atoms with Crippen LogP contribution in [-0.2, 0) is 14.6 Å². The standard InChI is InChI=1S/C19H28N4O5S/c1-29(27,28)15-14-20-10-12-22(13-11-20)19(24)16-6-8-21(9-7-16)17-4-2-3-5-18(17)23(25)26/h2-5,16H,6-15H2,1H3. The molecule has 2 saturated heterocycles. The molecule has 10 heteroatoms. The topological polar surface area (TPSA) is 104 Å². The first-order valence-corrected chi connectivity index (χ1v) is 12.0. The summed E-state index contributed by atoms with van der Waals surface area (Å²) in [6, 6.07) is 6.72. The van der Waals surface area contributed by atoms with Crippen LogP contribution in [0.2, 0.25) is 0 Å². The molecule has 2 fully saturated rings. The summed E-state index contributed by atoms with van der Waals surface area (Å²) in [6.45, 7) is 4.37. The van der Waals surface area contributed by atoms with Crippen LogP contribution in [0.25, 0.3) is 0 Å². The number of rotatable bonds is 6. The number of carbonyl (C=O) groups is 1. The van der Waals surface area contributed by atoms with E-state index in [1.807, 2.05) is 9.80 Å². The highest BCUT2D eigenvalue weighted by Gasteiger charge is 2.32. The molecule has 0 atom stereocenters. The summed E-state index contributed by atoms with van der Waals surface area (Å²) >= 11 is 0. The second kappa shape index (κ2) is 9.08. The van der Waals surface area contributed by atoms with E-state index in [9.17, 15) is 23.3 Å². The Morgan fingerprint density at radius 1 is 1.10 bits per heavy atom. The van der Waals surface area contributed by atoms with Crippen molar-refractivity contribution in [3.63, 3.8) is 0 Å². The lowest BCUT2D eigenvalue weighted by Crippen LogP contribution is -2.52. The van der Waals surface area contributed by atoms with Crippen molar-refractivity contribution >= 4 is 27.1 Å². The number of carbonyl (C=O) groups excluding carboxylic acids is 1. The van der Waals surface area contributed by atoms with Crippen LogP contribution in [0.15, 0.2) is 24.3 Å². The van der Waals surface area contributed by atoms with Gasteiger partial charge >= 0.3 is 0 Å². The maximum Gasteiger partial charge on any atom is 0.292 e. The van der Waals surface area contributed by atoms with Gasteiger partial charge < -0.3 is 9.80 Å². The lowest BCUT2D eigenvalue weighted by molar-refractivity contribution is -0.384. The molecule has 1 aromatic carbocycles. The van der Waals surface area contributed by atoms with Crippen LogP contribution in [0.3, 0.4) is 0 Å². The van der Waals surface area contributed by atoms with E-state index in [-0.39, 0.29) is 28.2 Å². The molecule has 1 amide bonds. The predicted molar refractivity (Wildman–Crippen MR) is 111 cm³/mol. The van der Waals surface area contributed by atoms with Gasteiger partial charge in [-0.15, -0.1) is 0 Å². The van der Waals surface area contributed by atoms with Crippen LogP contribution in [0.5, 0.6) is 0 Å². The van der Waals surface area contributed by atoms with Crippen molar-refractivity contribution < 1.29 is 18.1 Å². The van der Waals surface area contributed by atoms with Crippen molar-refractivity contribution in [3.8, 4) is 0 Å². The zero-order valence-corrected chi connectivity index (χ0v) is 17.5. The number of benzene rings is 1. The number of anilines is 1. The van der Waals surface area contributed by atoms with Crippen LogP contribution < -0.4 is 4.90 Å². The second-order valence-corrected chi connectivity index (χ2v) is 10.1. The highest BCUT2D eigenvalue weighted by molar-refractivity contribution is 7.90. The molecule has 0 N–H and O–H groups in total. The van der Waals surface area contributed by atoms with Gasteiger partial charge in [0.05, 0.1) is 10.7 Å². The van der Waals surface area contributed by atoms with Gasteiger partial charge in [0.25, 0.3) is 5.69 Å². The number of piperidine rings is 1. The summed E-state index contributed by atoms with van der Waals surface area (Å²) in [6.07, 6.45) is 2.60. The number of hydrogen-bond acceptors (Lipinski definition) is 7. The zero-order chi connectivity index (χ0) is 21.0. The van der Waals surface area contributed by atoms with Crippen molar-refractivity contribution in [2.75, 3.05) is 62.7 Å². The van der Waals surface area contributed by atoms with Gasteiger partial charge in [0.15, 0.2) is 0 Å². The van der Waals surface area contributed by atoms with Gasteiger partial charge in [0, 0.05) is 64.1 Å². The lowest BCUT2D eigenvalue weighted by Gasteiger charge is -2.38. The van der Waals surface area contributed by atoms with Crippen LogP contribution >= 0.6 is 0 Å². The molecule has 0 aromatic heterocycles. The summed E-state index contributed by atoms with van der Waals surface area (Å²) in [5.41, 5.74) is 0.713. The number of para-hydroxylation sites is 2. The number of nitrogens with zero attached hydrogens (tertiary/aromatic N) is 4. The van der Waals surface area contributed by atoms with Gasteiger partial charge in [0.1, 0.15) is 15.5 Å². The van der Waals surface area contributed by atoms with E-state index in [4.69, 9.17) is 0 Å². The maximum absolute atomic E-state index is 12.9. The van der Waals surface area contributed by atoms with E-state index in [0.29, 0.717) is 64.3 Å². The van der Waals surface area contributed by atoms with Gasteiger partial charge in [-0.05, 0) is 18.9 Å². The Balaban J connectivity index is 1.49. The van der Waals surface area contributed by atoms with Crippen molar-refractivity contribution in [1.29, 1.82) is 0 Å². The molecule has 2 aliphatic rings. The summed E-state index contributed by atoms with van der Waals surface area (Å²) in [5.74, 6) is 0.233. The molecule has 160 valence electrons. The molecule has 29 heavy (non-hydrogen) atoms. The van der Waals surface area contributed by atoms with E-state index < -0.39 is 9.84 Å². The van der Waals surface area contributed by atoms with E-state index in [1.54, 1.807) is 18.2 Å². The van der Waals surface area contributed by atoms with Crippen LogP contribution in [-0.4, -0.2) is 86.9 Å². The summed E-state index contributed by atoms with van der Waals surface area (Å²) in [4.78, 5) is 29.7. The minimum Gasteiger partial charge on any atom is -0.366 e. The second-order valence-electron chi connectivity index (χ2n) is 7.80. The third-order valence-corrected chi connectivity index (χ3v) is 6.65. The normalized spacial score (nSPS) is 19.3. The van der Waals surface area contributed by atoms with Crippen molar-refractivity contribution in [2.24, 2.45) is 5.92 Å². The maximum atomic E-state index is 12.9.